The minimum atomic E-state index is -3.74. The molecule has 1 atom stereocenters. The monoisotopic (exact) mass is 316 g/mol. The van der Waals surface area contributed by atoms with E-state index in [0.29, 0.717) is 12.2 Å². The van der Waals surface area contributed by atoms with Crippen LogP contribution in [0.4, 0.5) is 10.1 Å². The highest BCUT2D eigenvalue weighted by atomic mass is 32.2. The summed E-state index contributed by atoms with van der Waals surface area (Å²) in [6.45, 7) is 3.95. The van der Waals surface area contributed by atoms with E-state index in [0.717, 1.165) is 25.3 Å². The van der Waals surface area contributed by atoms with Crippen molar-refractivity contribution in [2.24, 2.45) is 0 Å². The Labute approximate surface area is 124 Å². The molecule has 0 spiro atoms. The van der Waals surface area contributed by atoms with Gasteiger partial charge in [0.15, 0.2) is 0 Å². The molecule has 5 nitrogen and oxygen atoms in total. The number of sulfonamides is 1. The summed E-state index contributed by atoms with van der Waals surface area (Å²) < 4.78 is 46.4. The van der Waals surface area contributed by atoms with E-state index in [4.69, 9.17) is 10.5 Å². The van der Waals surface area contributed by atoms with E-state index >= 15 is 0 Å². The molecule has 0 amide bonds. The summed E-state index contributed by atoms with van der Waals surface area (Å²) >= 11 is 0. The molecule has 0 bridgehead atoms. The minimum absolute atomic E-state index is 0.0530. The van der Waals surface area contributed by atoms with Gasteiger partial charge in [0.1, 0.15) is 5.82 Å². The molecule has 1 fully saturated rings. The molecule has 1 aliphatic heterocycles. The fourth-order valence-corrected chi connectivity index (χ4v) is 4.13. The van der Waals surface area contributed by atoms with Gasteiger partial charge in [-0.1, -0.05) is 0 Å². The summed E-state index contributed by atoms with van der Waals surface area (Å²) in [5, 5.41) is 0. The first kappa shape index (κ1) is 16.2. The summed E-state index contributed by atoms with van der Waals surface area (Å²) in [7, 11) is -3.74. The standard InChI is InChI=1S/C14H21FN2O3S/c1-9-7-12(15)13(16)10(2)14(9)21(18,19)17-8-11-5-3-4-6-20-11/h7,11,17H,3-6,8,16H2,1-2H3. The molecule has 21 heavy (non-hydrogen) atoms. The van der Waals surface area contributed by atoms with E-state index in [-0.39, 0.29) is 28.8 Å². The Morgan fingerprint density at radius 3 is 2.76 bits per heavy atom. The molecule has 1 aromatic carbocycles. The van der Waals surface area contributed by atoms with Gasteiger partial charge in [0.25, 0.3) is 0 Å². The maximum atomic E-state index is 13.5. The number of hydrogen-bond acceptors (Lipinski definition) is 4. The highest BCUT2D eigenvalue weighted by molar-refractivity contribution is 7.89. The Kier molecular flexibility index (Phi) is 4.85. The number of hydrogen-bond donors (Lipinski definition) is 2. The quantitative estimate of drug-likeness (QED) is 0.831. The van der Waals surface area contributed by atoms with Crippen molar-refractivity contribution in [3.8, 4) is 0 Å². The molecule has 118 valence electrons. The normalized spacial score (nSPS) is 19.7. The molecule has 0 aliphatic carbocycles. The first-order valence-electron chi connectivity index (χ1n) is 6.99. The fourth-order valence-electron chi connectivity index (χ4n) is 2.59. The van der Waals surface area contributed by atoms with Gasteiger partial charge in [0, 0.05) is 13.2 Å². The van der Waals surface area contributed by atoms with E-state index in [1.807, 2.05) is 0 Å². The van der Waals surface area contributed by atoms with Gasteiger partial charge in [-0.2, -0.15) is 0 Å². The highest BCUT2D eigenvalue weighted by Crippen LogP contribution is 2.27. The van der Waals surface area contributed by atoms with Crippen LogP contribution in [0.2, 0.25) is 0 Å². The van der Waals surface area contributed by atoms with Gasteiger partial charge in [0.2, 0.25) is 10.0 Å². The predicted octanol–water partition coefficient (Wildman–Crippen LogP) is 1.87. The van der Waals surface area contributed by atoms with Crippen LogP contribution < -0.4 is 10.5 Å². The number of anilines is 1. The summed E-state index contributed by atoms with van der Waals surface area (Å²) in [5.74, 6) is -0.598. The largest absolute Gasteiger partial charge is 0.396 e. The number of nitrogens with one attached hydrogen (secondary N) is 1. The molecule has 1 saturated heterocycles. The summed E-state index contributed by atoms with van der Waals surface area (Å²) in [6, 6.07) is 1.15. The van der Waals surface area contributed by atoms with Crippen LogP contribution in [0.25, 0.3) is 0 Å². The second kappa shape index (κ2) is 6.29. The van der Waals surface area contributed by atoms with E-state index < -0.39 is 15.8 Å². The highest BCUT2D eigenvalue weighted by Gasteiger charge is 2.24. The topological polar surface area (TPSA) is 81.4 Å². The number of benzene rings is 1. The van der Waals surface area contributed by atoms with Crippen molar-refractivity contribution in [2.75, 3.05) is 18.9 Å². The van der Waals surface area contributed by atoms with Crippen LogP contribution in [-0.2, 0) is 14.8 Å². The Morgan fingerprint density at radius 1 is 1.43 bits per heavy atom. The van der Waals surface area contributed by atoms with Crippen molar-refractivity contribution in [1.82, 2.24) is 4.72 Å². The molecular weight excluding hydrogens is 295 g/mol. The molecule has 1 aromatic rings. The number of aryl methyl sites for hydroxylation is 1. The second-order valence-electron chi connectivity index (χ2n) is 5.38. The number of nitrogen functional groups attached to an aromatic ring is 1. The zero-order chi connectivity index (χ0) is 15.6. The van der Waals surface area contributed by atoms with Crippen molar-refractivity contribution in [3.05, 3.63) is 23.0 Å². The fraction of sp³-hybridized carbons (Fsp3) is 0.571. The average Bonchev–Trinajstić information content (AvgIpc) is 2.44. The average molecular weight is 316 g/mol. The van der Waals surface area contributed by atoms with E-state index in [2.05, 4.69) is 4.72 Å². The zero-order valence-corrected chi connectivity index (χ0v) is 13.1. The number of halogens is 1. The van der Waals surface area contributed by atoms with Crippen LogP contribution in [0.3, 0.4) is 0 Å². The molecule has 0 radical (unpaired) electrons. The van der Waals surface area contributed by atoms with Crippen LogP contribution in [0.5, 0.6) is 0 Å². The zero-order valence-electron chi connectivity index (χ0n) is 12.3. The number of nitrogens with two attached hydrogens (primary N) is 1. The van der Waals surface area contributed by atoms with E-state index in [9.17, 15) is 12.8 Å². The van der Waals surface area contributed by atoms with E-state index in [1.165, 1.54) is 6.92 Å². The van der Waals surface area contributed by atoms with Crippen molar-refractivity contribution < 1.29 is 17.5 Å². The molecule has 0 saturated carbocycles. The van der Waals surface area contributed by atoms with Crippen molar-refractivity contribution in [3.63, 3.8) is 0 Å². The molecule has 7 heteroatoms. The van der Waals surface area contributed by atoms with Crippen molar-refractivity contribution in [1.29, 1.82) is 0 Å². The molecule has 1 aliphatic rings. The smallest absolute Gasteiger partial charge is 0.241 e. The van der Waals surface area contributed by atoms with Crippen LogP contribution in [0.15, 0.2) is 11.0 Å². The number of ether oxygens (including phenoxy) is 1. The van der Waals surface area contributed by atoms with Crippen molar-refractivity contribution >= 4 is 15.7 Å². The maximum Gasteiger partial charge on any atom is 0.241 e. The Balaban J connectivity index is 2.21. The lowest BCUT2D eigenvalue weighted by atomic mass is 10.1. The summed E-state index contributed by atoms with van der Waals surface area (Å²) in [5.41, 5.74) is 6.05. The van der Waals surface area contributed by atoms with Gasteiger partial charge < -0.3 is 10.5 Å². The molecule has 3 N–H and O–H groups in total. The molecule has 1 unspecified atom stereocenters. The maximum absolute atomic E-state index is 13.5. The summed E-state index contributed by atoms with van der Waals surface area (Å²) in [6.07, 6.45) is 2.78. The Bertz CT molecular complexity index is 626. The number of rotatable bonds is 4. The lowest BCUT2D eigenvalue weighted by Gasteiger charge is -2.23. The lowest BCUT2D eigenvalue weighted by Crippen LogP contribution is -2.36. The molecular formula is C14H21FN2O3S. The van der Waals surface area contributed by atoms with E-state index in [1.54, 1.807) is 6.92 Å². The van der Waals surface area contributed by atoms with Crippen molar-refractivity contribution in [2.45, 2.75) is 44.1 Å². The predicted molar refractivity (Wildman–Crippen MR) is 79.1 cm³/mol. The van der Waals surface area contributed by atoms with Crippen LogP contribution in [0, 0.1) is 19.7 Å². The third-order valence-electron chi connectivity index (χ3n) is 3.75. The first-order valence-corrected chi connectivity index (χ1v) is 8.47. The van der Waals surface area contributed by atoms with Crippen LogP contribution >= 0.6 is 0 Å². The molecule has 1 heterocycles. The first-order chi connectivity index (χ1) is 9.83. The molecule has 0 aromatic heterocycles. The van der Waals surface area contributed by atoms with Gasteiger partial charge in [0.05, 0.1) is 16.7 Å². The SMILES string of the molecule is Cc1cc(F)c(N)c(C)c1S(=O)(=O)NCC1CCCCO1. The summed E-state index contributed by atoms with van der Waals surface area (Å²) in [4.78, 5) is 0.0530. The van der Waals surface area contributed by atoms with Crippen LogP contribution in [0.1, 0.15) is 30.4 Å². The second-order valence-corrected chi connectivity index (χ2v) is 7.09. The van der Waals surface area contributed by atoms with Gasteiger partial charge in [-0.15, -0.1) is 0 Å². The Morgan fingerprint density at radius 2 is 2.14 bits per heavy atom. The van der Waals surface area contributed by atoms with Crippen LogP contribution in [-0.4, -0.2) is 27.7 Å². The third-order valence-corrected chi connectivity index (χ3v) is 5.46. The molecule has 2 rings (SSSR count). The third kappa shape index (κ3) is 3.53. The van der Waals surface area contributed by atoms with Gasteiger partial charge >= 0.3 is 0 Å². The van der Waals surface area contributed by atoms with Gasteiger partial charge in [-0.3, -0.25) is 0 Å². The van der Waals surface area contributed by atoms with Gasteiger partial charge in [-0.05, 0) is 50.3 Å². The minimum Gasteiger partial charge on any atom is -0.396 e. The van der Waals surface area contributed by atoms with Gasteiger partial charge in [-0.25, -0.2) is 17.5 Å². The lowest BCUT2D eigenvalue weighted by molar-refractivity contribution is 0.0200. The Hall–Kier alpha value is -1.18.